The molecule has 0 unspecified atom stereocenters. The SMILES string of the molecule is O=C(O)[C@@H]1C[C@H]1c1cccs1. The Kier molecular flexibility index (Phi) is 1.46. The van der Waals surface area contributed by atoms with Crippen LogP contribution in [0.15, 0.2) is 17.5 Å². The molecule has 0 bridgehead atoms. The molecule has 1 fully saturated rings. The molecule has 0 saturated heterocycles. The van der Waals surface area contributed by atoms with Gasteiger partial charge in [0.1, 0.15) is 0 Å². The van der Waals surface area contributed by atoms with Gasteiger partial charge in [-0.25, -0.2) is 0 Å². The molecule has 0 aromatic carbocycles. The number of hydrogen-bond donors (Lipinski definition) is 1. The van der Waals surface area contributed by atoms with Crippen LogP contribution in [0.25, 0.3) is 0 Å². The normalized spacial score (nSPS) is 28.4. The highest BCUT2D eigenvalue weighted by Gasteiger charge is 2.44. The maximum atomic E-state index is 10.5. The van der Waals surface area contributed by atoms with Crippen molar-refractivity contribution < 1.29 is 9.90 Å². The summed E-state index contributed by atoms with van der Waals surface area (Å²) >= 11 is 1.65. The van der Waals surface area contributed by atoms with E-state index < -0.39 is 5.97 Å². The van der Waals surface area contributed by atoms with Crippen LogP contribution in [0.5, 0.6) is 0 Å². The van der Waals surface area contributed by atoms with Gasteiger partial charge in [0.15, 0.2) is 0 Å². The molecule has 11 heavy (non-hydrogen) atoms. The topological polar surface area (TPSA) is 37.3 Å². The van der Waals surface area contributed by atoms with Gasteiger partial charge < -0.3 is 5.11 Å². The zero-order valence-electron chi connectivity index (χ0n) is 5.86. The lowest BCUT2D eigenvalue weighted by Gasteiger charge is -1.88. The molecule has 1 aliphatic carbocycles. The van der Waals surface area contributed by atoms with Crippen LogP contribution in [0.3, 0.4) is 0 Å². The van der Waals surface area contributed by atoms with Crippen LogP contribution in [0.4, 0.5) is 0 Å². The van der Waals surface area contributed by atoms with E-state index in [0.29, 0.717) is 5.92 Å². The van der Waals surface area contributed by atoms with E-state index in [1.54, 1.807) is 11.3 Å². The number of carboxylic acids is 1. The summed E-state index contributed by atoms with van der Waals surface area (Å²) in [6, 6.07) is 3.98. The summed E-state index contributed by atoms with van der Waals surface area (Å²) in [5.74, 6) is -0.440. The van der Waals surface area contributed by atoms with Crippen molar-refractivity contribution >= 4 is 17.3 Å². The predicted octanol–water partition coefficient (Wildman–Crippen LogP) is 1.94. The molecular formula is C8H8O2S. The van der Waals surface area contributed by atoms with Gasteiger partial charge in [0.25, 0.3) is 0 Å². The number of thiophene rings is 1. The molecule has 0 spiro atoms. The van der Waals surface area contributed by atoms with Crippen molar-refractivity contribution in [3.63, 3.8) is 0 Å². The van der Waals surface area contributed by atoms with E-state index in [4.69, 9.17) is 5.11 Å². The average molecular weight is 168 g/mol. The lowest BCUT2D eigenvalue weighted by atomic mass is 10.3. The van der Waals surface area contributed by atoms with Crippen molar-refractivity contribution in [2.75, 3.05) is 0 Å². The summed E-state index contributed by atoms with van der Waals surface area (Å²) in [5, 5.41) is 10.6. The molecule has 1 aromatic rings. The molecule has 1 heterocycles. The van der Waals surface area contributed by atoms with Crippen LogP contribution in [0.1, 0.15) is 17.2 Å². The molecule has 3 heteroatoms. The third-order valence-corrected chi connectivity index (χ3v) is 3.02. The summed E-state index contributed by atoms with van der Waals surface area (Å²) in [6.07, 6.45) is 0.829. The van der Waals surface area contributed by atoms with Gasteiger partial charge in [-0.05, 0) is 17.9 Å². The summed E-state index contributed by atoms with van der Waals surface area (Å²) in [7, 11) is 0. The van der Waals surface area contributed by atoms with Crippen molar-refractivity contribution in [2.45, 2.75) is 12.3 Å². The third-order valence-electron chi connectivity index (χ3n) is 2.02. The van der Waals surface area contributed by atoms with Gasteiger partial charge in [0, 0.05) is 10.8 Å². The quantitative estimate of drug-likeness (QED) is 0.732. The lowest BCUT2D eigenvalue weighted by molar-refractivity contribution is -0.138. The van der Waals surface area contributed by atoms with Gasteiger partial charge in [0.05, 0.1) is 5.92 Å². The molecule has 1 aliphatic rings. The number of carbonyl (C=O) groups is 1. The highest BCUT2D eigenvalue weighted by atomic mass is 32.1. The molecule has 2 nitrogen and oxygen atoms in total. The largest absolute Gasteiger partial charge is 0.481 e. The predicted molar refractivity (Wildman–Crippen MR) is 42.8 cm³/mol. The van der Waals surface area contributed by atoms with Crippen LogP contribution < -0.4 is 0 Å². The van der Waals surface area contributed by atoms with E-state index in [2.05, 4.69) is 0 Å². The molecule has 2 rings (SSSR count). The Balaban J connectivity index is 2.08. The Hall–Kier alpha value is -0.830. The fourth-order valence-corrected chi connectivity index (χ4v) is 2.19. The smallest absolute Gasteiger partial charge is 0.307 e. The third kappa shape index (κ3) is 1.16. The summed E-state index contributed by atoms with van der Waals surface area (Å²) < 4.78 is 0. The Morgan fingerprint density at radius 3 is 3.00 bits per heavy atom. The Bertz CT molecular complexity index is 266. The van der Waals surface area contributed by atoms with E-state index in [1.165, 1.54) is 4.88 Å². The molecular weight excluding hydrogens is 160 g/mol. The van der Waals surface area contributed by atoms with E-state index in [0.717, 1.165) is 6.42 Å². The average Bonchev–Trinajstić information content (AvgIpc) is 2.60. The van der Waals surface area contributed by atoms with Gasteiger partial charge in [-0.2, -0.15) is 0 Å². The second-order valence-electron chi connectivity index (χ2n) is 2.80. The molecule has 1 aromatic heterocycles. The maximum absolute atomic E-state index is 10.5. The first kappa shape index (κ1) is 6.85. The van der Waals surface area contributed by atoms with Gasteiger partial charge in [-0.3, -0.25) is 4.79 Å². The number of aliphatic carboxylic acids is 1. The van der Waals surface area contributed by atoms with Crippen LogP contribution in [0, 0.1) is 5.92 Å². The number of rotatable bonds is 2. The van der Waals surface area contributed by atoms with Crippen LogP contribution in [-0.4, -0.2) is 11.1 Å². The van der Waals surface area contributed by atoms with Crippen molar-refractivity contribution in [3.05, 3.63) is 22.4 Å². The first-order valence-corrected chi connectivity index (χ1v) is 4.43. The van der Waals surface area contributed by atoms with Crippen molar-refractivity contribution in [3.8, 4) is 0 Å². The lowest BCUT2D eigenvalue weighted by Crippen LogP contribution is -1.97. The molecule has 58 valence electrons. The zero-order chi connectivity index (χ0) is 7.84. The second kappa shape index (κ2) is 2.34. The van der Waals surface area contributed by atoms with E-state index in [-0.39, 0.29) is 5.92 Å². The molecule has 1 N–H and O–H groups in total. The first-order valence-electron chi connectivity index (χ1n) is 3.55. The molecule has 2 atom stereocenters. The minimum atomic E-state index is -0.650. The molecule has 0 aliphatic heterocycles. The van der Waals surface area contributed by atoms with Crippen LogP contribution in [0.2, 0.25) is 0 Å². The fourth-order valence-electron chi connectivity index (χ4n) is 1.28. The van der Waals surface area contributed by atoms with Gasteiger partial charge >= 0.3 is 5.97 Å². The van der Waals surface area contributed by atoms with Crippen LogP contribution in [-0.2, 0) is 4.79 Å². The van der Waals surface area contributed by atoms with Gasteiger partial charge in [-0.15, -0.1) is 11.3 Å². The molecule has 0 amide bonds. The first-order chi connectivity index (χ1) is 5.29. The maximum Gasteiger partial charge on any atom is 0.307 e. The van der Waals surface area contributed by atoms with Crippen molar-refractivity contribution in [2.24, 2.45) is 5.92 Å². The fraction of sp³-hybridized carbons (Fsp3) is 0.375. The van der Waals surface area contributed by atoms with E-state index in [9.17, 15) is 4.79 Å². The summed E-state index contributed by atoms with van der Waals surface area (Å²) in [4.78, 5) is 11.7. The molecule has 1 saturated carbocycles. The van der Waals surface area contributed by atoms with E-state index >= 15 is 0 Å². The van der Waals surface area contributed by atoms with E-state index in [1.807, 2.05) is 17.5 Å². The monoisotopic (exact) mass is 168 g/mol. The minimum Gasteiger partial charge on any atom is -0.481 e. The second-order valence-corrected chi connectivity index (χ2v) is 3.78. The minimum absolute atomic E-state index is 0.103. The summed E-state index contributed by atoms with van der Waals surface area (Å²) in [6.45, 7) is 0. The van der Waals surface area contributed by atoms with Crippen molar-refractivity contribution in [1.29, 1.82) is 0 Å². The molecule has 0 radical (unpaired) electrons. The number of hydrogen-bond acceptors (Lipinski definition) is 2. The van der Waals surface area contributed by atoms with Gasteiger partial charge in [0.2, 0.25) is 0 Å². The number of carboxylic acid groups (broad SMARTS) is 1. The standard InChI is InChI=1S/C8H8O2S/c9-8(10)6-4-5(6)7-2-1-3-11-7/h1-3,5-6H,4H2,(H,9,10)/t5-,6-/m1/s1. The highest BCUT2D eigenvalue weighted by Crippen LogP contribution is 2.48. The van der Waals surface area contributed by atoms with Gasteiger partial charge in [-0.1, -0.05) is 6.07 Å². The van der Waals surface area contributed by atoms with Crippen LogP contribution >= 0.6 is 11.3 Å². The zero-order valence-corrected chi connectivity index (χ0v) is 6.67. The van der Waals surface area contributed by atoms with Crippen molar-refractivity contribution in [1.82, 2.24) is 0 Å². The summed E-state index contributed by atoms with van der Waals surface area (Å²) in [5.41, 5.74) is 0. The Morgan fingerprint density at radius 2 is 2.55 bits per heavy atom. The Labute approximate surface area is 68.5 Å². The Morgan fingerprint density at radius 1 is 1.73 bits per heavy atom. The highest BCUT2D eigenvalue weighted by molar-refractivity contribution is 7.10.